The number of aryl methyl sites for hydroxylation is 1. The number of hydrogen-bond acceptors (Lipinski definition) is 3. The molecule has 0 saturated heterocycles. The Morgan fingerprint density at radius 1 is 1.19 bits per heavy atom. The zero-order valence-electron chi connectivity index (χ0n) is 12.5. The van der Waals surface area contributed by atoms with Gasteiger partial charge >= 0.3 is 0 Å². The van der Waals surface area contributed by atoms with Crippen LogP contribution in [0.1, 0.15) is 34.5 Å². The van der Waals surface area contributed by atoms with Crippen molar-refractivity contribution in [3.8, 4) is 5.75 Å². The van der Waals surface area contributed by atoms with Crippen LogP contribution in [0.3, 0.4) is 0 Å². The summed E-state index contributed by atoms with van der Waals surface area (Å²) in [5, 5.41) is 2.98. The Hall–Kier alpha value is -2.49. The van der Waals surface area contributed by atoms with Gasteiger partial charge in [0.2, 0.25) is 0 Å². The number of carbonyl (C=O) groups excluding carboxylic acids is 1. The van der Waals surface area contributed by atoms with E-state index < -0.39 is 0 Å². The molecule has 0 fully saturated rings. The molecule has 2 rings (SSSR count). The molecule has 0 aromatic heterocycles. The van der Waals surface area contributed by atoms with E-state index in [1.54, 1.807) is 19.2 Å². The van der Waals surface area contributed by atoms with Crippen molar-refractivity contribution in [2.45, 2.75) is 19.9 Å². The number of ether oxygens (including phenoxy) is 1. The average molecular weight is 284 g/mol. The van der Waals surface area contributed by atoms with E-state index in [4.69, 9.17) is 10.5 Å². The normalized spacial score (nSPS) is 11.8. The molecule has 0 radical (unpaired) electrons. The number of nitrogen functional groups attached to an aromatic ring is 1. The van der Waals surface area contributed by atoms with Gasteiger partial charge in [-0.2, -0.15) is 0 Å². The molecule has 0 aliphatic rings. The molecule has 2 aromatic rings. The second-order valence-electron chi connectivity index (χ2n) is 5.04. The number of anilines is 1. The van der Waals surface area contributed by atoms with Crippen LogP contribution in [-0.4, -0.2) is 13.0 Å². The summed E-state index contributed by atoms with van der Waals surface area (Å²) < 4.78 is 5.13. The molecule has 0 heterocycles. The van der Waals surface area contributed by atoms with E-state index >= 15 is 0 Å². The number of hydrogen-bond donors (Lipinski definition) is 2. The molecule has 0 aliphatic heterocycles. The quantitative estimate of drug-likeness (QED) is 0.848. The third kappa shape index (κ3) is 3.54. The van der Waals surface area contributed by atoms with Gasteiger partial charge in [0.1, 0.15) is 5.75 Å². The molecule has 3 N–H and O–H groups in total. The first kappa shape index (κ1) is 14.9. The van der Waals surface area contributed by atoms with Crippen LogP contribution in [0.4, 0.5) is 5.69 Å². The summed E-state index contributed by atoms with van der Waals surface area (Å²) in [6.07, 6.45) is 0. The monoisotopic (exact) mass is 284 g/mol. The Morgan fingerprint density at radius 3 is 2.48 bits per heavy atom. The SMILES string of the molecule is COc1ccc(C(C)NC(=O)c2cc(N)ccc2C)cc1. The zero-order chi connectivity index (χ0) is 15.4. The maximum Gasteiger partial charge on any atom is 0.252 e. The van der Waals surface area contributed by atoms with E-state index in [1.807, 2.05) is 44.2 Å². The Labute approximate surface area is 124 Å². The molecule has 0 bridgehead atoms. The van der Waals surface area contributed by atoms with Gasteiger partial charge in [0.15, 0.2) is 0 Å². The van der Waals surface area contributed by atoms with Crippen LogP contribution in [0, 0.1) is 6.92 Å². The molecule has 4 nitrogen and oxygen atoms in total. The summed E-state index contributed by atoms with van der Waals surface area (Å²) in [4.78, 5) is 12.3. The second-order valence-corrected chi connectivity index (χ2v) is 5.04. The van der Waals surface area contributed by atoms with E-state index in [2.05, 4.69) is 5.32 Å². The smallest absolute Gasteiger partial charge is 0.252 e. The summed E-state index contributed by atoms with van der Waals surface area (Å²) in [5.74, 6) is 0.673. The van der Waals surface area contributed by atoms with Crippen molar-refractivity contribution in [1.29, 1.82) is 0 Å². The molecule has 0 aliphatic carbocycles. The van der Waals surface area contributed by atoms with Gasteiger partial charge in [-0.1, -0.05) is 18.2 Å². The standard InChI is InChI=1S/C17H20N2O2/c1-11-4-7-14(18)10-16(11)17(20)19-12(2)13-5-8-15(21-3)9-6-13/h4-10,12H,18H2,1-3H3,(H,19,20). The lowest BCUT2D eigenvalue weighted by Crippen LogP contribution is -2.27. The number of methoxy groups -OCH3 is 1. The fourth-order valence-electron chi connectivity index (χ4n) is 2.13. The zero-order valence-corrected chi connectivity index (χ0v) is 12.5. The third-order valence-corrected chi connectivity index (χ3v) is 3.47. The summed E-state index contributed by atoms with van der Waals surface area (Å²) in [6.45, 7) is 3.84. The van der Waals surface area contributed by atoms with Gasteiger partial charge in [-0.25, -0.2) is 0 Å². The number of nitrogens with one attached hydrogen (secondary N) is 1. The minimum atomic E-state index is -0.122. The average Bonchev–Trinajstić information content (AvgIpc) is 2.49. The number of rotatable bonds is 4. The van der Waals surface area contributed by atoms with Gasteiger partial charge in [0.05, 0.1) is 13.2 Å². The van der Waals surface area contributed by atoms with Crippen molar-refractivity contribution >= 4 is 11.6 Å². The van der Waals surface area contributed by atoms with Gasteiger partial charge in [-0.3, -0.25) is 4.79 Å². The van der Waals surface area contributed by atoms with Crippen molar-refractivity contribution in [2.24, 2.45) is 0 Å². The number of amides is 1. The van der Waals surface area contributed by atoms with Gasteiger partial charge in [-0.05, 0) is 49.2 Å². The first-order valence-electron chi connectivity index (χ1n) is 6.82. The Balaban J connectivity index is 2.12. The predicted molar refractivity (Wildman–Crippen MR) is 84.5 cm³/mol. The lowest BCUT2D eigenvalue weighted by molar-refractivity contribution is 0.0939. The van der Waals surface area contributed by atoms with E-state index in [0.717, 1.165) is 16.9 Å². The van der Waals surface area contributed by atoms with Crippen molar-refractivity contribution in [3.05, 3.63) is 59.2 Å². The maximum absolute atomic E-state index is 12.3. The fourth-order valence-corrected chi connectivity index (χ4v) is 2.13. The Bertz CT molecular complexity index is 636. The van der Waals surface area contributed by atoms with Crippen LogP contribution < -0.4 is 15.8 Å². The highest BCUT2D eigenvalue weighted by atomic mass is 16.5. The number of carbonyl (C=O) groups is 1. The maximum atomic E-state index is 12.3. The minimum absolute atomic E-state index is 0.0933. The van der Waals surface area contributed by atoms with Crippen molar-refractivity contribution in [2.75, 3.05) is 12.8 Å². The third-order valence-electron chi connectivity index (χ3n) is 3.47. The molecular formula is C17H20N2O2. The second kappa shape index (κ2) is 6.31. The summed E-state index contributed by atoms with van der Waals surface area (Å²) >= 11 is 0. The number of benzene rings is 2. The molecule has 110 valence electrons. The molecule has 1 amide bonds. The summed E-state index contributed by atoms with van der Waals surface area (Å²) in [7, 11) is 1.63. The molecular weight excluding hydrogens is 264 g/mol. The molecule has 21 heavy (non-hydrogen) atoms. The lowest BCUT2D eigenvalue weighted by atomic mass is 10.0. The molecule has 1 unspecified atom stereocenters. The molecule has 4 heteroatoms. The van der Waals surface area contributed by atoms with Crippen molar-refractivity contribution in [3.63, 3.8) is 0 Å². The Morgan fingerprint density at radius 2 is 1.86 bits per heavy atom. The van der Waals surface area contributed by atoms with Gasteiger partial charge in [-0.15, -0.1) is 0 Å². The molecule has 1 atom stereocenters. The van der Waals surface area contributed by atoms with Crippen molar-refractivity contribution < 1.29 is 9.53 Å². The lowest BCUT2D eigenvalue weighted by Gasteiger charge is -2.16. The van der Waals surface area contributed by atoms with E-state index in [0.29, 0.717) is 11.3 Å². The van der Waals surface area contributed by atoms with Crippen LogP contribution in [0.5, 0.6) is 5.75 Å². The van der Waals surface area contributed by atoms with Crippen LogP contribution in [0.25, 0.3) is 0 Å². The van der Waals surface area contributed by atoms with Gasteiger partial charge in [0.25, 0.3) is 5.91 Å². The molecule has 0 spiro atoms. The highest BCUT2D eigenvalue weighted by Crippen LogP contribution is 2.19. The van der Waals surface area contributed by atoms with Crippen LogP contribution in [0.2, 0.25) is 0 Å². The van der Waals surface area contributed by atoms with E-state index in [9.17, 15) is 4.79 Å². The number of nitrogens with two attached hydrogens (primary N) is 1. The minimum Gasteiger partial charge on any atom is -0.497 e. The molecule has 0 saturated carbocycles. The highest BCUT2D eigenvalue weighted by Gasteiger charge is 2.13. The van der Waals surface area contributed by atoms with Gasteiger partial charge < -0.3 is 15.8 Å². The van der Waals surface area contributed by atoms with Crippen LogP contribution in [-0.2, 0) is 0 Å². The molecule has 2 aromatic carbocycles. The largest absolute Gasteiger partial charge is 0.497 e. The Kier molecular flexibility index (Phi) is 4.48. The highest BCUT2D eigenvalue weighted by molar-refractivity contribution is 5.96. The first-order valence-corrected chi connectivity index (χ1v) is 6.82. The first-order chi connectivity index (χ1) is 10.0. The fraction of sp³-hybridized carbons (Fsp3) is 0.235. The summed E-state index contributed by atoms with van der Waals surface area (Å²) in [6, 6.07) is 12.9. The van der Waals surface area contributed by atoms with E-state index in [-0.39, 0.29) is 11.9 Å². The summed E-state index contributed by atoms with van der Waals surface area (Å²) in [5.41, 5.74) is 8.86. The topological polar surface area (TPSA) is 64.3 Å². The predicted octanol–water partition coefficient (Wildman–Crippen LogP) is 3.08. The van der Waals surface area contributed by atoms with Crippen LogP contribution in [0.15, 0.2) is 42.5 Å². The van der Waals surface area contributed by atoms with Gasteiger partial charge in [0, 0.05) is 11.3 Å². The van der Waals surface area contributed by atoms with E-state index in [1.165, 1.54) is 0 Å². The van der Waals surface area contributed by atoms with Crippen molar-refractivity contribution in [1.82, 2.24) is 5.32 Å². The van der Waals surface area contributed by atoms with Crippen LogP contribution >= 0.6 is 0 Å².